The summed E-state index contributed by atoms with van der Waals surface area (Å²) in [5.41, 5.74) is 3.15. The summed E-state index contributed by atoms with van der Waals surface area (Å²) in [6.45, 7) is 6.36. The van der Waals surface area contributed by atoms with Gasteiger partial charge in [0.05, 0.1) is 42.8 Å². The fourth-order valence-electron chi connectivity index (χ4n) is 4.21. The maximum absolute atomic E-state index is 13.7. The molecule has 0 saturated heterocycles. The van der Waals surface area contributed by atoms with Crippen molar-refractivity contribution in [2.45, 2.75) is 52.4 Å². The zero-order valence-electron chi connectivity index (χ0n) is 24.4. The van der Waals surface area contributed by atoms with Gasteiger partial charge in [0.15, 0.2) is 0 Å². The van der Waals surface area contributed by atoms with Gasteiger partial charge in [0, 0.05) is 31.0 Å². The maximum atomic E-state index is 13.7. The molecule has 0 atom stereocenters. The smallest absolute Gasteiger partial charge is 0.407 e. The zero-order chi connectivity index (χ0) is 30.8. The van der Waals surface area contributed by atoms with E-state index in [1.165, 1.54) is 12.1 Å². The van der Waals surface area contributed by atoms with Crippen molar-refractivity contribution in [2.75, 3.05) is 18.5 Å². The second-order valence-corrected chi connectivity index (χ2v) is 10.8. The minimum absolute atomic E-state index is 0.0454. The molecule has 0 aliphatic carbocycles. The van der Waals surface area contributed by atoms with Crippen LogP contribution in [0.2, 0.25) is 0 Å². The Hall–Kier alpha value is -4.84. The van der Waals surface area contributed by atoms with Crippen molar-refractivity contribution in [1.82, 2.24) is 30.4 Å². The van der Waals surface area contributed by atoms with Crippen LogP contribution in [0.1, 0.15) is 48.0 Å². The number of aliphatic hydroxyl groups excluding tert-OH is 1. The Balaban J connectivity index is 1.48. The molecule has 0 saturated carbocycles. The quantitative estimate of drug-likeness (QED) is 0.194. The van der Waals surface area contributed by atoms with E-state index in [1.54, 1.807) is 68.3 Å². The molecule has 12 heteroatoms. The number of nitrogens with zero attached hydrogens (tertiary/aromatic N) is 4. The maximum Gasteiger partial charge on any atom is 0.407 e. The summed E-state index contributed by atoms with van der Waals surface area (Å²) in [5.74, 6) is -0.314. The number of carbonyl (C=O) groups excluding carboxylic acids is 2. The molecule has 0 unspecified atom stereocenters. The van der Waals surface area contributed by atoms with Crippen LogP contribution in [-0.4, -0.2) is 55.6 Å². The van der Waals surface area contributed by atoms with Crippen molar-refractivity contribution < 1.29 is 23.8 Å². The molecule has 4 aromatic rings. The number of pyridine rings is 2. The lowest BCUT2D eigenvalue weighted by molar-refractivity contribution is 0.0522. The number of hydrogen-bond donors (Lipinski definition) is 4. The third-order valence-corrected chi connectivity index (χ3v) is 6.22. The van der Waals surface area contributed by atoms with Crippen molar-refractivity contribution in [3.8, 4) is 11.3 Å². The van der Waals surface area contributed by atoms with Crippen molar-refractivity contribution >= 4 is 17.8 Å². The van der Waals surface area contributed by atoms with Crippen LogP contribution >= 0.6 is 0 Å². The van der Waals surface area contributed by atoms with Crippen LogP contribution < -0.4 is 16.0 Å². The first-order chi connectivity index (χ1) is 20.6. The minimum Gasteiger partial charge on any atom is -0.444 e. The van der Waals surface area contributed by atoms with Crippen LogP contribution in [0.5, 0.6) is 0 Å². The summed E-state index contributed by atoms with van der Waals surface area (Å²) in [5, 5.41) is 22.3. The summed E-state index contributed by atoms with van der Waals surface area (Å²) in [6, 6.07) is 13.3. The molecule has 226 valence electrons. The molecule has 4 rings (SSSR count). The Morgan fingerprint density at radius 3 is 2.67 bits per heavy atom. The second kappa shape index (κ2) is 14.4. The van der Waals surface area contributed by atoms with E-state index in [0.717, 1.165) is 16.7 Å². The van der Waals surface area contributed by atoms with E-state index in [-0.39, 0.29) is 31.4 Å². The molecule has 11 nitrogen and oxygen atoms in total. The third kappa shape index (κ3) is 9.33. The average molecular weight is 590 g/mol. The summed E-state index contributed by atoms with van der Waals surface area (Å²) >= 11 is 0. The van der Waals surface area contributed by atoms with Gasteiger partial charge in [-0.15, -0.1) is 0 Å². The number of benzene rings is 1. The number of amides is 2. The van der Waals surface area contributed by atoms with Gasteiger partial charge in [-0.05, 0) is 68.7 Å². The summed E-state index contributed by atoms with van der Waals surface area (Å²) in [4.78, 5) is 34.6. The van der Waals surface area contributed by atoms with Crippen molar-refractivity contribution in [3.63, 3.8) is 0 Å². The fourth-order valence-corrected chi connectivity index (χ4v) is 4.21. The van der Waals surface area contributed by atoms with E-state index in [9.17, 15) is 19.1 Å². The Kier molecular flexibility index (Phi) is 10.4. The van der Waals surface area contributed by atoms with Crippen molar-refractivity contribution in [3.05, 3.63) is 95.3 Å². The van der Waals surface area contributed by atoms with Crippen LogP contribution in [-0.2, 0) is 30.8 Å². The van der Waals surface area contributed by atoms with Gasteiger partial charge in [0.25, 0.3) is 5.91 Å². The van der Waals surface area contributed by atoms with Crippen LogP contribution in [0.4, 0.5) is 15.0 Å². The number of nitrogens with one attached hydrogen (secondary N) is 3. The summed E-state index contributed by atoms with van der Waals surface area (Å²) in [7, 11) is 0. The molecule has 0 radical (unpaired) electrons. The van der Waals surface area contributed by atoms with E-state index >= 15 is 0 Å². The molecule has 4 N–H and O–H groups in total. The molecule has 3 heterocycles. The van der Waals surface area contributed by atoms with Gasteiger partial charge < -0.3 is 25.8 Å². The van der Waals surface area contributed by atoms with E-state index < -0.39 is 11.7 Å². The number of ether oxygens (including phenoxy) is 1. The van der Waals surface area contributed by atoms with Crippen molar-refractivity contribution in [1.29, 1.82) is 0 Å². The molecular formula is C31H36FN7O4. The molecule has 3 aromatic heterocycles. The Bertz CT molecular complexity index is 1550. The highest BCUT2D eigenvalue weighted by Crippen LogP contribution is 2.22. The van der Waals surface area contributed by atoms with Gasteiger partial charge in [-0.2, -0.15) is 5.10 Å². The highest BCUT2D eigenvalue weighted by molar-refractivity contribution is 5.99. The molecule has 0 spiro atoms. The van der Waals surface area contributed by atoms with Gasteiger partial charge in [0.1, 0.15) is 17.2 Å². The molecule has 0 fully saturated rings. The van der Waals surface area contributed by atoms with Gasteiger partial charge in [-0.3, -0.25) is 14.5 Å². The van der Waals surface area contributed by atoms with E-state index in [1.807, 2.05) is 12.1 Å². The first-order valence-electron chi connectivity index (χ1n) is 13.9. The largest absolute Gasteiger partial charge is 0.444 e. The normalized spacial score (nSPS) is 11.2. The topological polar surface area (TPSA) is 143 Å². The van der Waals surface area contributed by atoms with E-state index in [0.29, 0.717) is 42.3 Å². The minimum atomic E-state index is -0.627. The van der Waals surface area contributed by atoms with Crippen molar-refractivity contribution in [2.24, 2.45) is 0 Å². The molecule has 43 heavy (non-hydrogen) atoms. The number of aromatic nitrogens is 4. The van der Waals surface area contributed by atoms with Crippen LogP contribution in [0, 0.1) is 5.82 Å². The highest BCUT2D eigenvalue weighted by Gasteiger charge is 2.18. The summed E-state index contributed by atoms with van der Waals surface area (Å²) < 4.78 is 20.6. The Morgan fingerprint density at radius 2 is 1.91 bits per heavy atom. The number of hydrogen-bond acceptors (Lipinski definition) is 8. The lowest BCUT2D eigenvalue weighted by Crippen LogP contribution is -2.33. The standard InChI is InChI=1S/C31H36FN7O4/c1-31(2,3)43-30(42)36-19-27-22(7-5-12-33-27)17-35-29(41)25-9-10-26(23-18-37-39(20-23)14-15-40)38-28(25)34-13-11-21-6-4-8-24(32)16-21/h4-10,12,16,18,20,40H,11,13-15,17,19H2,1-3H3,(H,34,38)(H,35,41)(H,36,42). The molecule has 0 aliphatic heterocycles. The van der Waals surface area contributed by atoms with Gasteiger partial charge in [-0.1, -0.05) is 18.2 Å². The van der Waals surface area contributed by atoms with Crippen LogP contribution in [0.15, 0.2) is 67.1 Å². The molecule has 0 bridgehead atoms. The van der Waals surface area contributed by atoms with E-state index in [2.05, 4.69) is 26.0 Å². The number of halogens is 1. The Labute approximate surface area is 249 Å². The fraction of sp³-hybridized carbons (Fsp3) is 0.323. The zero-order valence-corrected chi connectivity index (χ0v) is 24.4. The number of carbonyl (C=O) groups is 2. The van der Waals surface area contributed by atoms with Gasteiger partial charge >= 0.3 is 6.09 Å². The third-order valence-electron chi connectivity index (χ3n) is 6.22. The number of anilines is 1. The monoisotopic (exact) mass is 589 g/mol. The van der Waals surface area contributed by atoms with Gasteiger partial charge in [0.2, 0.25) is 0 Å². The summed E-state index contributed by atoms with van der Waals surface area (Å²) in [6.07, 6.45) is 4.98. The average Bonchev–Trinajstić information content (AvgIpc) is 3.43. The molecule has 2 amide bonds. The number of alkyl carbamates (subject to hydrolysis) is 1. The van der Waals surface area contributed by atoms with Crippen LogP contribution in [0.3, 0.4) is 0 Å². The lowest BCUT2D eigenvalue weighted by atomic mass is 10.1. The van der Waals surface area contributed by atoms with Crippen LogP contribution in [0.25, 0.3) is 11.3 Å². The Morgan fingerprint density at radius 1 is 1.07 bits per heavy atom. The predicted octanol–water partition coefficient (Wildman–Crippen LogP) is 4.08. The molecule has 1 aromatic carbocycles. The molecular weight excluding hydrogens is 553 g/mol. The first-order valence-corrected chi connectivity index (χ1v) is 13.9. The van der Waals surface area contributed by atoms with E-state index in [4.69, 9.17) is 9.72 Å². The lowest BCUT2D eigenvalue weighted by Gasteiger charge is -2.20. The first kappa shape index (κ1) is 31.1. The number of aliphatic hydroxyl groups is 1. The highest BCUT2D eigenvalue weighted by atomic mass is 19.1. The molecule has 0 aliphatic rings. The predicted molar refractivity (Wildman–Crippen MR) is 160 cm³/mol. The SMILES string of the molecule is CC(C)(C)OC(=O)NCc1ncccc1CNC(=O)c1ccc(-c2cnn(CCO)c2)nc1NCCc1cccc(F)c1. The van der Waals surface area contributed by atoms with Gasteiger partial charge in [-0.25, -0.2) is 14.2 Å². The number of rotatable bonds is 12. The second-order valence-electron chi connectivity index (χ2n) is 10.8.